The predicted octanol–water partition coefficient (Wildman–Crippen LogP) is 1.37. The zero-order valence-electron chi connectivity index (χ0n) is 14.3. The summed E-state index contributed by atoms with van der Waals surface area (Å²) in [6.07, 6.45) is 9.21. The van der Waals surface area contributed by atoms with E-state index in [1.165, 1.54) is 31.2 Å². The van der Waals surface area contributed by atoms with E-state index in [0.29, 0.717) is 24.3 Å². The second kappa shape index (κ2) is 7.05. The van der Waals surface area contributed by atoms with Crippen LogP contribution in [0.3, 0.4) is 0 Å². The molecule has 0 radical (unpaired) electrons. The van der Waals surface area contributed by atoms with Crippen LogP contribution >= 0.6 is 0 Å². The van der Waals surface area contributed by atoms with Crippen molar-refractivity contribution in [3.05, 3.63) is 17.6 Å². The molecule has 1 aromatic rings. The summed E-state index contributed by atoms with van der Waals surface area (Å²) >= 11 is 0. The van der Waals surface area contributed by atoms with Crippen LogP contribution < -0.4 is 10.6 Å². The fourth-order valence-corrected chi connectivity index (χ4v) is 4.38. The maximum absolute atomic E-state index is 12.3. The minimum absolute atomic E-state index is 0.347. The molecule has 6 heteroatoms. The first-order chi connectivity index (χ1) is 11.8. The fraction of sp³-hybridized carbons (Fsp3) is 0.722. The van der Waals surface area contributed by atoms with Crippen LogP contribution in [0.4, 0.5) is 5.82 Å². The van der Waals surface area contributed by atoms with E-state index in [0.717, 1.165) is 50.5 Å². The van der Waals surface area contributed by atoms with Crippen molar-refractivity contribution in [2.24, 2.45) is 5.92 Å². The molecule has 130 valence electrons. The van der Waals surface area contributed by atoms with Crippen LogP contribution in [-0.4, -0.2) is 53.0 Å². The quantitative estimate of drug-likeness (QED) is 0.873. The van der Waals surface area contributed by atoms with Gasteiger partial charge in [-0.2, -0.15) is 0 Å². The minimum atomic E-state index is 0.347. The van der Waals surface area contributed by atoms with E-state index in [2.05, 4.69) is 25.5 Å². The molecule has 24 heavy (non-hydrogen) atoms. The van der Waals surface area contributed by atoms with E-state index in [9.17, 15) is 4.79 Å². The van der Waals surface area contributed by atoms with E-state index in [-0.39, 0.29) is 0 Å². The van der Waals surface area contributed by atoms with Crippen LogP contribution in [0.15, 0.2) is 6.33 Å². The monoisotopic (exact) mass is 329 g/mol. The molecular weight excluding hydrogens is 302 g/mol. The predicted molar refractivity (Wildman–Crippen MR) is 92.9 cm³/mol. The highest BCUT2D eigenvalue weighted by Gasteiger charge is 2.35. The second-order valence-corrected chi connectivity index (χ2v) is 7.33. The number of likely N-dealkylation sites (tertiary alicyclic amines) is 1. The van der Waals surface area contributed by atoms with Gasteiger partial charge < -0.3 is 15.5 Å². The van der Waals surface area contributed by atoms with Crippen LogP contribution in [0.25, 0.3) is 0 Å². The van der Waals surface area contributed by atoms with Crippen molar-refractivity contribution in [2.75, 3.05) is 31.5 Å². The highest BCUT2D eigenvalue weighted by molar-refractivity contribution is 5.79. The van der Waals surface area contributed by atoms with Crippen molar-refractivity contribution in [3.63, 3.8) is 0 Å². The molecule has 1 saturated heterocycles. The Labute approximate surface area is 143 Å². The van der Waals surface area contributed by atoms with Gasteiger partial charge in [0.05, 0.1) is 5.69 Å². The number of rotatable bonds is 4. The van der Waals surface area contributed by atoms with Gasteiger partial charge in [0.1, 0.15) is 12.1 Å². The first-order valence-corrected chi connectivity index (χ1v) is 9.38. The van der Waals surface area contributed by atoms with Gasteiger partial charge >= 0.3 is 0 Å². The average Bonchev–Trinajstić information content (AvgIpc) is 3.16. The topological polar surface area (TPSA) is 70.1 Å². The number of amides is 1. The van der Waals surface area contributed by atoms with Crippen LogP contribution in [0.5, 0.6) is 0 Å². The van der Waals surface area contributed by atoms with Gasteiger partial charge in [-0.05, 0) is 25.8 Å². The van der Waals surface area contributed by atoms with E-state index >= 15 is 0 Å². The van der Waals surface area contributed by atoms with Crippen molar-refractivity contribution in [2.45, 2.75) is 51.0 Å². The summed E-state index contributed by atoms with van der Waals surface area (Å²) in [5.41, 5.74) is 2.41. The average molecular weight is 329 g/mol. The van der Waals surface area contributed by atoms with Crippen LogP contribution in [-0.2, 0) is 17.6 Å². The zero-order chi connectivity index (χ0) is 16.4. The van der Waals surface area contributed by atoms with E-state index in [4.69, 9.17) is 0 Å². The van der Waals surface area contributed by atoms with E-state index < -0.39 is 0 Å². The molecule has 1 saturated carbocycles. The first-order valence-electron chi connectivity index (χ1n) is 9.38. The maximum atomic E-state index is 12.3. The van der Waals surface area contributed by atoms with Crippen molar-refractivity contribution in [1.29, 1.82) is 0 Å². The minimum Gasteiger partial charge on any atom is -0.369 e. The van der Waals surface area contributed by atoms with Gasteiger partial charge in [-0.3, -0.25) is 4.79 Å². The third-order valence-corrected chi connectivity index (χ3v) is 5.69. The number of anilines is 1. The zero-order valence-corrected chi connectivity index (χ0v) is 14.3. The maximum Gasteiger partial charge on any atom is 0.223 e. The summed E-state index contributed by atoms with van der Waals surface area (Å²) < 4.78 is 0. The third kappa shape index (κ3) is 3.24. The molecule has 1 unspecified atom stereocenters. The molecule has 3 heterocycles. The molecule has 1 aromatic heterocycles. The molecule has 0 spiro atoms. The largest absolute Gasteiger partial charge is 0.369 e. The summed E-state index contributed by atoms with van der Waals surface area (Å²) in [7, 11) is 0. The van der Waals surface area contributed by atoms with Gasteiger partial charge in [0.25, 0.3) is 0 Å². The number of carbonyl (C=O) groups excluding carboxylic acids is 1. The highest BCUT2D eigenvalue weighted by Crippen LogP contribution is 2.29. The Morgan fingerprint density at radius 2 is 2.04 bits per heavy atom. The van der Waals surface area contributed by atoms with E-state index in [1.54, 1.807) is 6.33 Å². The van der Waals surface area contributed by atoms with Gasteiger partial charge in [-0.15, -0.1) is 0 Å². The molecule has 2 N–H and O–H groups in total. The molecule has 0 bridgehead atoms. The van der Waals surface area contributed by atoms with Crippen molar-refractivity contribution in [1.82, 2.24) is 20.2 Å². The number of nitrogens with one attached hydrogen (secondary N) is 2. The fourth-order valence-electron chi connectivity index (χ4n) is 4.38. The van der Waals surface area contributed by atoms with Gasteiger partial charge in [0.15, 0.2) is 0 Å². The van der Waals surface area contributed by atoms with Crippen LogP contribution in [0.2, 0.25) is 0 Å². The molecule has 3 aliphatic rings. The Morgan fingerprint density at radius 1 is 1.21 bits per heavy atom. The number of carbonyl (C=O) groups is 1. The Morgan fingerprint density at radius 3 is 2.92 bits per heavy atom. The smallest absolute Gasteiger partial charge is 0.223 e. The number of hydrogen-bond acceptors (Lipinski definition) is 5. The van der Waals surface area contributed by atoms with Gasteiger partial charge in [0.2, 0.25) is 5.91 Å². The normalized spacial score (nSPS) is 24.9. The Bertz CT molecular complexity index is 599. The summed E-state index contributed by atoms with van der Waals surface area (Å²) in [5.74, 6) is 1.71. The molecule has 1 atom stereocenters. The molecular formula is C18H27N5O. The summed E-state index contributed by atoms with van der Waals surface area (Å²) in [5, 5.41) is 6.93. The lowest BCUT2D eigenvalue weighted by molar-refractivity contribution is -0.129. The van der Waals surface area contributed by atoms with Crippen LogP contribution in [0, 0.1) is 5.92 Å². The molecule has 2 aliphatic heterocycles. The molecule has 1 amide bonds. The van der Waals surface area contributed by atoms with Crippen molar-refractivity contribution in [3.8, 4) is 0 Å². The van der Waals surface area contributed by atoms with Crippen molar-refractivity contribution < 1.29 is 4.79 Å². The van der Waals surface area contributed by atoms with E-state index in [1.807, 2.05) is 0 Å². The molecule has 1 aliphatic carbocycles. The number of hydrogen-bond donors (Lipinski definition) is 2. The van der Waals surface area contributed by atoms with Gasteiger partial charge in [-0.25, -0.2) is 9.97 Å². The highest BCUT2D eigenvalue weighted by atomic mass is 16.2. The van der Waals surface area contributed by atoms with Crippen molar-refractivity contribution >= 4 is 11.7 Å². The lowest BCUT2D eigenvalue weighted by Crippen LogP contribution is -2.35. The summed E-state index contributed by atoms with van der Waals surface area (Å²) in [4.78, 5) is 23.4. The number of fused-ring (bicyclic) bond motifs is 1. The first kappa shape index (κ1) is 15.8. The summed E-state index contributed by atoms with van der Waals surface area (Å²) in [6.45, 7) is 3.69. The Hall–Kier alpha value is -1.69. The molecule has 6 nitrogen and oxygen atoms in total. The molecule has 0 aromatic carbocycles. The second-order valence-electron chi connectivity index (χ2n) is 7.33. The van der Waals surface area contributed by atoms with Gasteiger partial charge in [-0.1, -0.05) is 12.8 Å². The standard InChI is InChI=1S/C18H27N5O/c24-17-9-13(11-23(17)14-3-1-2-4-14)10-20-18-15-5-7-19-8-6-16(15)21-12-22-18/h12-14,19H,1-11H2,(H,20,21,22). The summed E-state index contributed by atoms with van der Waals surface area (Å²) in [6, 6.07) is 0.504. The lowest BCUT2D eigenvalue weighted by atomic mass is 10.1. The molecule has 2 fully saturated rings. The SMILES string of the molecule is O=C1CC(CNc2ncnc3c2CCNCC3)CN1C1CCCC1. The number of aromatic nitrogens is 2. The van der Waals surface area contributed by atoms with Crippen LogP contribution in [0.1, 0.15) is 43.4 Å². The molecule has 4 rings (SSSR count). The lowest BCUT2D eigenvalue weighted by Gasteiger charge is -2.24. The number of nitrogens with zero attached hydrogens (tertiary/aromatic N) is 3. The Kier molecular flexibility index (Phi) is 4.65. The third-order valence-electron chi connectivity index (χ3n) is 5.69. The van der Waals surface area contributed by atoms with Gasteiger partial charge in [0, 0.05) is 50.0 Å². The Balaban J connectivity index is 1.38.